The second kappa shape index (κ2) is 6.02. The number of carbonyl (C=O) groups is 1. The molecular weight excluding hydrogens is 276 g/mol. The average Bonchev–Trinajstić information content (AvgIpc) is 2.94. The van der Waals surface area contributed by atoms with Gasteiger partial charge >= 0.3 is 0 Å². The molecule has 0 aliphatic rings. The lowest BCUT2D eigenvalue weighted by molar-refractivity contribution is 0.0931. The van der Waals surface area contributed by atoms with Gasteiger partial charge < -0.3 is 9.84 Å². The quantitative estimate of drug-likeness (QED) is 0.801. The number of aryl methyl sites for hydroxylation is 1. The second-order valence-electron chi connectivity index (χ2n) is 5.54. The van der Waals surface area contributed by atoms with Crippen LogP contribution >= 0.6 is 0 Å². The third-order valence-corrected chi connectivity index (χ3v) is 3.64. The number of carbonyl (C=O) groups excluding carboxylic acids is 1. The van der Waals surface area contributed by atoms with E-state index < -0.39 is 0 Å². The summed E-state index contributed by atoms with van der Waals surface area (Å²) in [5.74, 6) is 0.427. The molecule has 0 aliphatic carbocycles. The Hall–Kier alpha value is -2.62. The maximum absolute atomic E-state index is 12.1. The molecule has 1 N–H and O–H groups in total. The van der Waals surface area contributed by atoms with Crippen LogP contribution < -0.4 is 5.32 Å². The van der Waals surface area contributed by atoms with Gasteiger partial charge in [0, 0.05) is 12.1 Å². The highest BCUT2D eigenvalue weighted by Crippen LogP contribution is 2.19. The van der Waals surface area contributed by atoms with E-state index in [1.54, 1.807) is 13.0 Å². The standard InChI is InChI=1S/C18H18N2O2/c1-12(19-18(21)17-11-13(2)22-20-17)10-15-8-5-7-14-6-3-4-9-16(14)15/h3-9,11-12H,10H2,1-2H3,(H,19,21). The fourth-order valence-corrected chi connectivity index (χ4v) is 2.62. The molecule has 112 valence electrons. The zero-order chi connectivity index (χ0) is 15.5. The van der Waals surface area contributed by atoms with Crippen LogP contribution in [-0.2, 0) is 6.42 Å². The first kappa shape index (κ1) is 14.3. The van der Waals surface area contributed by atoms with E-state index in [9.17, 15) is 4.79 Å². The fraction of sp³-hybridized carbons (Fsp3) is 0.222. The summed E-state index contributed by atoms with van der Waals surface area (Å²) in [4.78, 5) is 12.1. The summed E-state index contributed by atoms with van der Waals surface area (Å²) >= 11 is 0. The number of amides is 1. The Morgan fingerprint density at radius 1 is 1.23 bits per heavy atom. The van der Waals surface area contributed by atoms with E-state index in [1.807, 2.05) is 25.1 Å². The highest BCUT2D eigenvalue weighted by molar-refractivity contribution is 5.92. The first-order chi connectivity index (χ1) is 10.6. The molecule has 22 heavy (non-hydrogen) atoms. The number of rotatable bonds is 4. The summed E-state index contributed by atoms with van der Waals surface area (Å²) < 4.78 is 4.93. The Morgan fingerprint density at radius 3 is 2.77 bits per heavy atom. The molecule has 2 aromatic carbocycles. The van der Waals surface area contributed by atoms with E-state index >= 15 is 0 Å². The molecule has 0 saturated carbocycles. The van der Waals surface area contributed by atoms with Gasteiger partial charge in [-0.2, -0.15) is 0 Å². The van der Waals surface area contributed by atoms with Gasteiger partial charge in [0.2, 0.25) is 0 Å². The van der Waals surface area contributed by atoms with Crippen molar-refractivity contribution < 1.29 is 9.32 Å². The van der Waals surface area contributed by atoms with Crippen molar-refractivity contribution in [2.75, 3.05) is 0 Å². The highest BCUT2D eigenvalue weighted by atomic mass is 16.5. The Balaban J connectivity index is 1.73. The summed E-state index contributed by atoms with van der Waals surface area (Å²) in [5.41, 5.74) is 1.55. The van der Waals surface area contributed by atoms with E-state index in [4.69, 9.17) is 4.52 Å². The van der Waals surface area contributed by atoms with E-state index in [2.05, 4.69) is 34.7 Å². The number of nitrogens with zero attached hydrogens (tertiary/aromatic N) is 1. The largest absolute Gasteiger partial charge is 0.361 e. The Labute approximate surface area is 129 Å². The molecule has 0 radical (unpaired) electrons. The molecule has 0 bridgehead atoms. The van der Waals surface area contributed by atoms with Crippen LogP contribution in [0.15, 0.2) is 53.1 Å². The van der Waals surface area contributed by atoms with E-state index in [0.29, 0.717) is 11.5 Å². The molecule has 1 unspecified atom stereocenters. The molecule has 1 heterocycles. The number of hydrogen-bond donors (Lipinski definition) is 1. The molecule has 4 heteroatoms. The van der Waals surface area contributed by atoms with Crippen molar-refractivity contribution in [3.05, 3.63) is 65.5 Å². The van der Waals surface area contributed by atoms with Crippen molar-refractivity contribution in [2.24, 2.45) is 0 Å². The fourth-order valence-electron chi connectivity index (χ4n) is 2.62. The molecule has 3 rings (SSSR count). The van der Waals surface area contributed by atoms with Crippen molar-refractivity contribution in [1.29, 1.82) is 0 Å². The van der Waals surface area contributed by atoms with Gasteiger partial charge in [0.25, 0.3) is 5.91 Å². The Kier molecular flexibility index (Phi) is 3.92. The van der Waals surface area contributed by atoms with Crippen LogP contribution in [0.1, 0.15) is 28.7 Å². The smallest absolute Gasteiger partial charge is 0.273 e. The van der Waals surface area contributed by atoms with Crippen molar-refractivity contribution in [3.8, 4) is 0 Å². The maximum Gasteiger partial charge on any atom is 0.273 e. The molecule has 0 aliphatic heterocycles. The summed E-state index contributed by atoms with van der Waals surface area (Å²) in [5, 5.41) is 9.14. The normalized spacial score (nSPS) is 12.3. The zero-order valence-corrected chi connectivity index (χ0v) is 12.7. The molecule has 1 aromatic heterocycles. The first-order valence-corrected chi connectivity index (χ1v) is 7.34. The molecule has 3 aromatic rings. The zero-order valence-electron chi connectivity index (χ0n) is 12.7. The number of aromatic nitrogens is 1. The molecule has 1 atom stereocenters. The monoisotopic (exact) mass is 294 g/mol. The highest BCUT2D eigenvalue weighted by Gasteiger charge is 2.14. The predicted octanol–water partition coefficient (Wildman–Crippen LogP) is 3.50. The lowest BCUT2D eigenvalue weighted by Crippen LogP contribution is -2.34. The molecule has 0 spiro atoms. The van der Waals surface area contributed by atoms with E-state index in [0.717, 1.165) is 6.42 Å². The van der Waals surface area contributed by atoms with Crippen molar-refractivity contribution in [1.82, 2.24) is 10.5 Å². The van der Waals surface area contributed by atoms with Gasteiger partial charge in [-0.05, 0) is 36.6 Å². The number of nitrogens with one attached hydrogen (secondary N) is 1. The third kappa shape index (κ3) is 3.01. The van der Waals surface area contributed by atoms with Crippen molar-refractivity contribution in [2.45, 2.75) is 26.3 Å². The lowest BCUT2D eigenvalue weighted by Gasteiger charge is -2.14. The maximum atomic E-state index is 12.1. The van der Waals surface area contributed by atoms with E-state index in [1.165, 1.54) is 16.3 Å². The Morgan fingerprint density at radius 2 is 2.00 bits per heavy atom. The lowest BCUT2D eigenvalue weighted by atomic mass is 9.99. The van der Waals surface area contributed by atoms with Crippen LogP contribution in [-0.4, -0.2) is 17.1 Å². The molecular formula is C18H18N2O2. The van der Waals surface area contributed by atoms with Crippen molar-refractivity contribution >= 4 is 16.7 Å². The summed E-state index contributed by atoms with van der Waals surface area (Å²) in [6, 6.07) is 16.2. The minimum atomic E-state index is -0.204. The van der Waals surface area contributed by atoms with Gasteiger partial charge in [0.05, 0.1) is 0 Å². The molecule has 1 amide bonds. The van der Waals surface area contributed by atoms with Gasteiger partial charge in [0.15, 0.2) is 5.69 Å². The van der Waals surface area contributed by atoms with Crippen molar-refractivity contribution in [3.63, 3.8) is 0 Å². The van der Waals surface area contributed by atoms with Gasteiger partial charge in [-0.1, -0.05) is 47.6 Å². The van der Waals surface area contributed by atoms with Crippen LogP contribution in [0, 0.1) is 6.92 Å². The van der Waals surface area contributed by atoms with Gasteiger partial charge in [-0.25, -0.2) is 0 Å². The molecule has 0 saturated heterocycles. The second-order valence-corrected chi connectivity index (χ2v) is 5.54. The van der Waals surface area contributed by atoms with E-state index in [-0.39, 0.29) is 11.9 Å². The Bertz CT molecular complexity index is 802. The number of benzene rings is 2. The van der Waals surface area contributed by atoms with Gasteiger partial charge in [-0.3, -0.25) is 4.79 Å². The van der Waals surface area contributed by atoms with Gasteiger partial charge in [-0.15, -0.1) is 0 Å². The average molecular weight is 294 g/mol. The van der Waals surface area contributed by atoms with Crippen LogP contribution in [0.2, 0.25) is 0 Å². The SMILES string of the molecule is Cc1cc(C(=O)NC(C)Cc2cccc3ccccc23)no1. The molecule has 0 fully saturated rings. The third-order valence-electron chi connectivity index (χ3n) is 3.64. The minimum absolute atomic E-state index is 0.00955. The topological polar surface area (TPSA) is 55.1 Å². The predicted molar refractivity (Wildman–Crippen MR) is 85.8 cm³/mol. The summed E-state index contributed by atoms with van der Waals surface area (Å²) in [7, 11) is 0. The summed E-state index contributed by atoms with van der Waals surface area (Å²) in [6.45, 7) is 3.76. The molecule has 4 nitrogen and oxygen atoms in total. The summed E-state index contributed by atoms with van der Waals surface area (Å²) in [6.07, 6.45) is 0.768. The van der Waals surface area contributed by atoms with Gasteiger partial charge in [0.1, 0.15) is 5.76 Å². The minimum Gasteiger partial charge on any atom is -0.361 e. The first-order valence-electron chi connectivity index (χ1n) is 7.34. The number of fused-ring (bicyclic) bond motifs is 1. The number of hydrogen-bond acceptors (Lipinski definition) is 3. The van der Waals surface area contributed by atoms with Crippen LogP contribution in [0.25, 0.3) is 10.8 Å². The van der Waals surface area contributed by atoms with Crippen LogP contribution in [0.5, 0.6) is 0 Å². The van der Waals surface area contributed by atoms with Crippen LogP contribution in [0.4, 0.5) is 0 Å². The van der Waals surface area contributed by atoms with Crippen LogP contribution in [0.3, 0.4) is 0 Å².